The molecular formula is C14H18N2O4. The second kappa shape index (κ2) is 5.81. The summed E-state index contributed by atoms with van der Waals surface area (Å²) in [6.07, 6.45) is -0.774. The fourth-order valence-electron chi connectivity index (χ4n) is 2.52. The number of nitrogens with one attached hydrogen (secondary N) is 1. The Labute approximate surface area is 117 Å². The standard InChI is InChI=1S/C14H18N2O4/c1-16-8-12(15-14(18)19)11(7-13(16)17)9-3-5-10(20-2)6-4-9/h3-6,11-12,15H,7-8H2,1-2H3,(H,18,19). The van der Waals surface area contributed by atoms with Crippen molar-refractivity contribution in [3.63, 3.8) is 0 Å². The highest BCUT2D eigenvalue weighted by atomic mass is 16.5. The summed E-state index contributed by atoms with van der Waals surface area (Å²) in [5.41, 5.74) is 0.936. The number of rotatable bonds is 3. The molecule has 6 nitrogen and oxygen atoms in total. The summed E-state index contributed by atoms with van der Waals surface area (Å²) in [6.45, 7) is 0.377. The van der Waals surface area contributed by atoms with Gasteiger partial charge >= 0.3 is 6.09 Å². The molecule has 1 fully saturated rings. The van der Waals surface area contributed by atoms with Crippen LogP contribution in [0.3, 0.4) is 0 Å². The largest absolute Gasteiger partial charge is 0.497 e. The molecule has 0 spiro atoms. The van der Waals surface area contributed by atoms with Crippen molar-refractivity contribution in [1.29, 1.82) is 0 Å². The zero-order valence-corrected chi connectivity index (χ0v) is 11.5. The summed E-state index contributed by atoms with van der Waals surface area (Å²) < 4.78 is 5.10. The summed E-state index contributed by atoms with van der Waals surface area (Å²) in [5, 5.41) is 11.4. The number of carbonyl (C=O) groups excluding carboxylic acids is 1. The van der Waals surface area contributed by atoms with Crippen LogP contribution in [-0.2, 0) is 4.79 Å². The molecular weight excluding hydrogens is 260 g/mol. The molecule has 2 N–H and O–H groups in total. The van der Waals surface area contributed by atoms with Crippen LogP contribution in [-0.4, -0.2) is 48.8 Å². The molecule has 2 amide bonds. The molecule has 1 aliphatic heterocycles. The fraction of sp³-hybridized carbons (Fsp3) is 0.429. The summed E-state index contributed by atoms with van der Waals surface area (Å²) in [6, 6.07) is 7.08. The Bertz CT molecular complexity index is 500. The average Bonchev–Trinajstić information content (AvgIpc) is 2.42. The van der Waals surface area contributed by atoms with E-state index in [0.29, 0.717) is 13.0 Å². The van der Waals surface area contributed by atoms with E-state index < -0.39 is 6.09 Å². The molecule has 2 unspecified atom stereocenters. The highest BCUT2D eigenvalue weighted by Gasteiger charge is 2.34. The molecule has 0 bridgehead atoms. The molecule has 0 aliphatic carbocycles. The van der Waals surface area contributed by atoms with Crippen molar-refractivity contribution >= 4 is 12.0 Å². The number of benzene rings is 1. The number of ether oxygens (including phenoxy) is 1. The van der Waals surface area contributed by atoms with E-state index in [-0.39, 0.29) is 17.9 Å². The minimum Gasteiger partial charge on any atom is -0.497 e. The van der Waals surface area contributed by atoms with Crippen LogP contribution in [0.5, 0.6) is 5.75 Å². The molecule has 0 radical (unpaired) electrons. The monoisotopic (exact) mass is 278 g/mol. The van der Waals surface area contributed by atoms with Crippen LogP contribution in [0, 0.1) is 0 Å². The van der Waals surface area contributed by atoms with Crippen LogP contribution in [0.15, 0.2) is 24.3 Å². The maximum atomic E-state index is 11.9. The fourth-order valence-corrected chi connectivity index (χ4v) is 2.52. The van der Waals surface area contributed by atoms with E-state index in [2.05, 4.69) is 5.32 Å². The lowest BCUT2D eigenvalue weighted by atomic mass is 9.85. The van der Waals surface area contributed by atoms with E-state index >= 15 is 0 Å². The third kappa shape index (κ3) is 3.01. The van der Waals surface area contributed by atoms with Gasteiger partial charge < -0.3 is 20.1 Å². The van der Waals surface area contributed by atoms with Gasteiger partial charge in [0.2, 0.25) is 5.91 Å². The number of methoxy groups -OCH3 is 1. The number of carboxylic acid groups (broad SMARTS) is 1. The van der Waals surface area contributed by atoms with E-state index in [4.69, 9.17) is 9.84 Å². The number of amides is 2. The molecule has 108 valence electrons. The lowest BCUT2D eigenvalue weighted by Gasteiger charge is -2.36. The smallest absolute Gasteiger partial charge is 0.404 e. The Morgan fingerprint density at radius 2 is 2.05 bits per heavy atom. The lowest BCUT2D eigenvalue weighted by molar-refractivity contribution is -0.133. The molecule has 2 rings (SSSR count). The average molecular weight is 278 g/mol. The SMILES string of the molecule is COc1ccc(C2CC(=O)N(C)CC2NC(=O)O)cc1. The first-order valence-electron chi connectivity index (χ1n) is 6.38. The maximum Gasteiger partial charge on any atom is 0.404 e. The van der Waals surface area contributed by atoms with Crippen molar-refractivity contribution < 1.29 is 19.4 Å². The molecule has 1 aliphatic rings. The molecule has 0 aromatic heterocycles. The first-order chi connectivity index (χ1) is 9.51. The lowest BCUT2D eigenvalue weighted by Crippen LogP contribution is -2.52. The Balaban J connectivity index is 2.23. The van der Waals surface area contributed by atoms with Crippen molar-refractivity contribution in [3.05, 3.63) is 29.8 Å². The van der Waals surface area contributed by atoms with Crippen molar-refractivity contribution in [3.8, 4) is 5.75 Å². The Kier molecular flexibility index (Phi) is 4.12. The summed E-state index contributed by atoms with van der Waals surface area (Å²) in [5.74, 6) is 0.603. The summed E-state index contributed by atoms with van der Waals surface area (Å²) in [4.78, 5) is 24.3. The molecule has 1 aromatic rings. The van der Waals surface area contributed by atoms with Crippen LogP contribution in [0.4, 0.5) is 4.79 Å². The molecule has 1 heterocycles. The zero-order valence-electron chi connectivity index (χ0n) is 11.5. The topological polar surface area (TPSA) is 78.9 Å². The van der Waals surface area contributed by atoms with Crippen molar-refractivity contribution in [2.75, 3.05) is 20.7 Å². The number of nitrogens with zero attached hydrogens (tertiary/aromatic N) is 1. The molecule has 0 saturated carbocycles. The van der Waals surface area contributed by atoms with E-state index in [1.54, 1.807) is 19.1 Å². The molecule has 1 saturated heterocycles. The third-order valence-corrected chi connectivity index (χ3v) is 3.63. The van der Waals surface area contributed by atoms with Gasteiger partial charge in [-0.15, -0.1) is 0 Å². The summed E-state index contributed by atoms with van der Waals surface area (Å²) in [7, 11) is 3.27. The molecule has 6 heteroatoms. The van der Waals surface area contributed by atoms with Gasteiger partial charge in [-0.25, -0.2) is 4.79 Å². The van der Waals surface area contributed by atoms with Gasteiger partial charge in [-0.1, -0.05) is 12.1 Å². The normalized spacial score (nSPS) is 22.5. The van der Waals surface area contributed by atoms with E-state index in [1.165, 1.54) is 0 Å². The molecule has 2 atom stereocenters. The highest BCUT2D eigenvalue weighted by molar-refractivity contribution is 5.78. The quantitative estimate of drug-likeness (QED) is 0.873. The number of piperidine rings is 1. The van der Waals surface area contributed by atoms with Gasteiger partial charge in [0.15, 0.2) is 0 Å². The minimum absolute atomic E-state index is 0.0225. The number of likely N-dealkylation sites (N-methyl/N-ethyl adjacent to an activating group) is 1. The predicted molar refractivity (Wildman–Crippen MR) is 72.9 cm³/mol. The van der Waals surface area contributed by atoms with Gasteiger partial charge in [-0.3, -0.25) is 4.79 Å². The van der Waals surface area contributed by atoms with E-state index in [1.807, 2.05) is 24.3 Å². The third-order valence-electron chi connectivity index (χ3n) is 3.63. The second-order valence-corrected chi connectivity index (χ2v) is 4.91. The van der Waals surface area contributed by atoms with Gasteiger partial charge in [-0.05, 0) is 17.7 Å². The number of carbonyl (C=O) groups is 2. The van der Waals surface area contributed by atoms with Crippen LogP contribution < -0.4 is 10.1 Å². The predicted octanol–water partition coefficient (Wildman–Crippen LogP) is 1.28. The van der Waals surface area contributed by atoms with Gasteiger partial charge in [0.05, 0.1) is 13.2 Å². The molecule has 20 heavy (non-hydrogen) atoms. The first-order valence-corrected chi connectivity index (χ1v) is 6.38. The van der Waals surface area contributed by atoms with Crippen LogP contribution in [0.1, 0.15) is 17.9 Å². The van der Waals surface area contributed by atoms with Crippen molar-refractivity contribution in [2.45, 2.75) is 18.4 Å². The van der Waals surface area contributed by atoms with Crippen molar-refractivity contribution in [1.82, 2.24) is 10.2 Å². The molecule has 1 aromatic carbocycles. The van der Waals surface area contributed by atoms with Crippen LogP contribution >= 0.6 is 0 Å². The number of hydrogen-bond acceptors (Lipinski definition) is 3. The Hall–Kier alpha value is -2.24. The zero-order chi connectivity index (χ0) is 14.7. The van der Waals surface area contributed by atoms with Crippen LogP contribution in [0.2, 0.25) is 0 Å². The van der Waals surface area contributed by atoms with Crippen LogP contribution in [0.25, 0.3) is 0 Å². The minimum atomic E-state index is -1.07. The number of likely N-dealkylation sites (tertiary alicyclic amines) is 1. The first kappa shape index (κ1) is 14.2. The number of hydrogen-bond donors (Lipinski definition) is 2. The highest BCUT2D eigenvalue weighted by Crippen LogP contribution is 2.29. The van der Waals surface area contributed by atoms with E-state index in [9.17, 15) is 9.59 Å². The van der Waals surface area contributed by atoms with Crippen molar-refractivity contribution in [2.24, 2.45) is 0 Å². The Morgan fingerprint density at radius 1 is 1.40 bits per heavy atom. The summed E-state index contributed by atoms with van der Waals surface area (Å²) >= 11 is 0. The van der Waals surface area contributed by atoms with Gasteiger partial charge in [0.25, 0.3) is 0 Å². The van der Waals surface area contributed by atoms with Gasteiger partial charge in [-0.2, -0.15) is 0 Å². The second-order valence-electron chi connectivity index (χ2n) is 4.91. The van der Waals surface area contributed by atoms with E-state index in [0.717, 1.165) is 11.3 Å². The Morgan fingerprint density at radius 3 is 2.60 bits per heavy atom. The maximum absolute atomic E-state index is 11.9. The van der Waals surface area contributed by atoms with Gasteiger partial charge in [0.1, 0.15) is 5.75 Å². The van der Waals surface area contributed by atoms with Gasteiger partial charge in [0, 0.05) is 25.9 Å².